The van der Waals surface area contributed by atoms with E-state index in [0.717, 1.165) is 18.7 Å². The smallest absolute Gasteiger partial charge is 0.290 e. The fraction of sp³-hybridized carbons (Fsp3) is 0.350. The summed E-state index contributed by atoms with van der Waals surface area (Å²) in [6, 6.07) is 5.95. The van der Waals surface area contributed by atoms with Crippen molar-refractivity contribution < 1.29 is 28.7 Å². The number of hydrogen-bond acceptors (Lipinski definition) is 6. The molecule has 0 aliphatic carbocycles. The summed E-state index contributed by atoms with van der Waals surface area (Å²) in [5.41, 5.74) is 0.766. The number of hydrogen-bond donors (Lipinski definition) is 2. The van der Waals surface area contributed by atoms with Crippen LogP contribution in [0.4, 0.5) is 0 Å². The number of carbonyl (C=O) groups is 2. The number of rotatable bonds is 6. The average Bonchev–Trinajstić information content (AvgIpc) is 3.36. The maximum atomic E-state index is 13.0. The molecule has 1 atom stereocenters. The summed E-state index contributed by atoms with van der Waals surface area (Å²) in [5, 5.41) is 10.5. The van der Waals surface area contributed by atoms with E-state index in [2.05, 4.69) is 4.98 Å². The molecule has 0 spiro atoms. The first-order valence-electron chi connectivity index (χ1n) is 9.30. The third kappa shape index (κ3) is 3.44. The van der Waals surface area contributed by atoms with Gasteiger partial charge in [0.05, 0.1) is 44.2 Å². The van der Waals surface area contributed by atoms with Gasteiger partial charge in [-0.2, -0.15) is 0 Å². The highest BCUT2D eigenvalue weighted by Gasteiger charge is 2.44. The van der Waals surface area contributed by atoms with Gasteiger partial charge in [-0.15, -0.1) is 0 Å². The zero-order valence-corrected chi connectivity index (χ0v) is 15.3. The maximum absolute atomic E-state index is 13.0. The van der Waals surface area contributed by atoms with Gasteiger partial charge in [-0.05, 0) is 29.8 Å². The topological polar surface area (TPSA) is 97.3 Å². The quantitative estimate of drug-likeness (QED) is 0.689. The highest BCUT2D eigenvalue weighted by Crippen LogP contribution is 2.38. The van der Waals surface area contributed by atoms with Crippen LogP contribution in [0.3, 0.4) is 0 Å². The first-order chi connectivity index (χ1) is 13.7. The molecule has 2 aliphatic rings. The van der Waals surface area contributed by atoms with Gasteiger partial charge in [-0.1, -0.05) is 0 Å². The molecule has 28 heavy (non-hydrogen) atoms. The second-order valence-corrected chi connectivity index (χ2v) is 6.86. The number of nitrogens with one attached hydrogen (secondary N) is 1. The molecule has 0 aromatic carbocycles. The van der Waals surface area contributed by atoms with E-state index in [1.165, 1.54) is 17.2 Å². The van der Waals surface area contributed by atoms with Crippen molar-refractivity contribution in [3.63, 3.8) is 0 Å². The molecule has 8 heteroatoms. The van der Waals surface area contributed by atoms with Gasteiger partial charge in [-0.3, -0.25) is 14.6 Å². The van der Waals surface area contributed by atoms with Gasteiger partial charge >= 0.3 is 0 Å². The first kappa shape index (κ1) is 18.4. The maximum Gasteiger partial charge on any atom is 0.290 e. The molecule has 2 aromatic rings. The van der Waals surface area contributed by atoms with Gasteiger partial charge in [-0.25, -0.2) is 0 Å². The van der Waals surface area contributed by atoms with Crippen LogP contribution >= 0.6 is 0 Å². The lowest BCUT2D eigenvalue weighted by Crippen LogP contribution is -3.14. The van der Waals surface area contributed by atoms with E-state index in [9.17, 15) is 14.7 Å². The van der Waals surface area contributed by atoms with E-state index < -0.39 is 23.5 Å². The normalized spacial score (nSPS) is 20.8. The third-order valence-corrected chi connectivity index (χ3v) is 5.22. The number of aromatic nitrogens is 1. The van der Waals surface area contributed by atoms with Crippen LogP contribution in [-0.2, 0) is 9.53 Å². The van der Waals surface area contributed by atoms with Gasteiger partial charge < -0.3 is 24.1 Å². The summed E-state index contributed by atoms with van der Waals surface area (Å²) >= 11 is 0. The number of pyridine rings is 1. The summed E-state index contributed by atoms with van der Waals surface area (Å²) in [6.07, 6.45) is 4.60. The van der Waals surface area contributed by atoms with Crippen molar-refractivity contribution in [1.29, 1.82) is 0 Å². The number of morpholine rings is 1. The summed E-state index contributed by atoms with van der Waals surface area (Å²) in [6.45, 7) is 4.27. The van der Waals surface area contributed by atoms with E-state index in [-0.39, 0.29) is 11.3 Å². The molecule has 8 nitrogen and oxygen atoms in total. The zero-order chi connectivity index (χ0) is 19.5. The number of nitrogens with zero attached hydrogens (tertiary/aromatic N) is 2. The molecule has 0 saturated carbocycles. The second-order valence-electron chi connectivity index (χ2n) is 6.86. The van der Waals surface area contributed by atoms with Crippen molar-refractivity contribution >= 4 is 11.7 Å². The van der Waals surface area contributed by atoms with Crippen molar-refractivity contribution in [3.05, 3.63) is 65.6 Å². The highest BCUT2D eigenvalue weighted by atomic mass is 16.5. The van der Waals surface area contributed by atoms with Crippen LogP contribution < -0.4 is 4.90 Å². The molecule has 146 valence electrons. The van der Waals surface area contributed by atoms with Crippen LogP contribution in [0.15, 0.2) is 58.7 Å². The Labute approximate surface area is 162 Å². The van der Waals surface area contributed by atoms with Gasteiger partial charge in [0.1, 0.15) is 13.1 Å². The Morgan fingerprint density at radius 1 is 1.25 bits per heavy atom. The molecule has 4 heterocycles. The number of furan rings is 1. The lowest BCUT2D eigenvalue weighted by atomic mass is 9.96. The van der Waals surface area contributed by atoms with Crippen LogP contribution in [0.2, 0.25) is 0 Å². The molecular weight excluding hydrogens is 362 g/mol. The van der Waals surface area contributed by atoms with Crippen LogP contribution in [0.5, 0.6) is 0 Å². The van der Waals surface area contributed by atoms with Crippen molar-refractivity contribution in [2.24, 2.45) is 0 Å². The molecule has 1 amide bonds. The Bertz CT molecular complexity index is 873. The third-order valence-electron chi connectivity index (χ3n) is 5.22. The molecule has 0 unspecified atom stereocenters. The Balaban J connectivity index is 1.64. The van der Waals surface area contributed by atoms with Crippen molar-refractivity contribution in [2.75, 3.05) is 39.4 Å². The largest absolute Gasteiger partial charge is 0.503 e. The SMILES string of the molecule is O=C(C1=C(O)C(=O)N(CC[NH+]2CCOCC2)[C@@H]1c1ccncc1)c1ccco1. The molecule has 2 aromatic heterocycles. The predicted octanol–water partition coefficient (Wildman–Crippen LogP) is 0.168. The molecule has 1 saturated heterocycles. The van der Waals surface area contributed by atoms with Gasteiger partial charge in [0.25, 0.3) is 5.91 Å². The van der Waals surface area contributed by atoms with Crippen LogP contribution in [0.25, 0.3) is 0 Å². The van der Waals surface area contributed by atoms with Crippen LogP contribution in [0, 0.1) is 0 Å². The van der Waals surface area contributed by atoms with Gasteiger partial charge in [0, 0.05) is 12.4 Å². The first-order valence-corrected chi connectivity index (χ1v) is 9.30. The molecule has 0 radical (unpaired) electrons. The zero-order valence-electron chi connectivity index (χ0n) is 15.3. The fourth-order valence-corrected chi connectivity index (χ4v) is 3.74. The summed E-state index contributed by atoms with van der Waals surface area (Å²) < 4.78 is 10.6. The minimum Gasteiger partial charge on any atom is -0.503 e. The fourth-order valence-electron chi connectivity index (χ4n) is 3.74. The number of Topliss-reactive ketones (excluding diaryl/α,β-unsaturated/α-hetero) is 1. The van der Waals surface area contributed by atoms with Gasteiger partial charge in [0.2, 0.25) is 5.78 Å². The molecule has 2 N–H and O–H groups in total. The van der Waals surface area contributed by atoms with Crippen LogP contribution in [-0.4, -0.2) is 66.1 Å². The van der Waals surface area contributed by atoms with Crippen molar-refractivity contribution in [3.8, 4) is 0 Å². The van der Waals surface area contributed by atoms with E-state index in [1.54, 1.807) is 35.5 Å². The number of amides is 1. The number of ketones is 1. The number of aliphatic hydroxyl groups excluding tert-OH is 1. The lowest BCUT2D eigenvalue weighted by molar-refractivity contribution is -0.907. The number of carbonyl (C=O) groups excluding carboxylic acids is 2. The lowest BCUT2D eigenvalue weighted by Gasteiger charge is -2.29. The monoisotopic (exact) mass is 384 g/mol. The second kappa shape index (κ2) is 7.95. The molecule has 2 aliphatic heterocycles. The average molecular weight is 384 g/mol. The summed E-state index contributed by atoms with van der Waals surface area (Å²) in [7, 11) is 0. The Morgan fingerprint density at radius 2 is 2.00 bits per heavy atom. The predicted molar refractivity (Wildman–Crippen MR) is 97.8 cm³/mol. The van der Waals surface area contributed by atoms with E-state index in [4.69, 9.17) is 9.15 Å². The summed E-state index contributed by atoms with van der Waals surface area (Å²) in [4.78, 5) is 32.7. The van der Waals surface area contributed by atoms with Crippen LogP contribution in [0.1, 0.15) is 22.2 Å². The van der Waals surface area contributed by atoms with Crippen molar-refractivity contribution in [1.82, 2.24) is 9.88 Å². The van der Waals surface area contributed by atoms with Gasteiger partial charge in [0.15, 0.2) is 11.5 Å². The van der Waals surface area contributed by atoms with Crippen molar-refractivity contribution in [2.45, 2.75) is 6.04 Å². The Morgan fingerprint density at radius 3 is 2.68 bits per heavy atom. The molecule has 4 rings (SSSR count). The standard InChI is InChI=1S/C20H21N3O5/c24-18(15-2-1-11-28-15)16-17(14-3-5-21-6-4-14)23(20(26)19(16)25)8-7-22-9-12-27-13-10-22/h1-6,11,17,25H,7-10,12-13H2/p+1/t17-/m1/s1. The number of ether oxygens (including phenoxy) is 1. The van der Waals surface area contributed by atoms with E-state index in [0.29, 0.717) is 26.3 Å². The number of quaternary nitrogens is 1. The van der Waals surface area contributed by atoms with E-state index in [1.807, 2.05) is 0 Å². The van der Waals surface area contributed by atoms with E-state index >= 15 is 0 Å². The highest BCUT2D eigenvalue weighted by molar-refractivity contribution is 6.14. The Kier molecular flexibility index (Phi) is 5.23. The molecule has 1 fully saturated rings. The minimum absolute atomic E-state index is 0.0446. The molecule has 0 bridgehead atoms. The molecular formula is C20H22N3O5+. The Hall–Kier alpha value is -2.97. The minimum atomic E-state index is -0.673. The summed E-state index contributed by atoms with van der Waals surface area (Å²) in [5.74, 6) is -1.45. The number of aliphatic hydroxyl groups is 1.